The summed E-state index contributed by atoms with van der Waals surface area (Å²) in [6, 6.07) is 13.7. The molecule has 1 amide bonds. The molecule has 2 aromatic rings. The van der Waals surface area contributed by atoms with Crippen LogP contribution in [0, 0.1) is 0 Å². The van der Waals surface area contributed by atoms with Crippen molar-refractivity contribution in [3.05, 3.63) is 59.9 Å². The maximum Gasteiger partial charge on any atom is 0.272 e. The number of aromatic nitrogens is 1. The molecular weight excluding hydrogens is 288 g/mol. The summed E-state index contributed by atoms with van der Waals surface area (Å²) < 4.78 is 5.69. The summed E-state index contributed by atoms with van der Waals surface area (Å²) in [4.78, 5) is 18.6. The molecule has 4 heteroatoms. The lowest BCUT2D eigenvalue weighted by Gasteiger charge is -2.30. The summed E-state index contributed by atoms with van der Waals surface area (Å²) >= 11 is 0. The summed E-state index contributed by atoms with van der Waals surface area (Å²) in [5.41, 5.74) is 1.54. The highest BCUT2D eigenvalue weighted by Gasteiger charge is 2.22. The van der Waals surface area contributed by atoms with Crippen LogP contribution in [0.3, 0.4) is 0 Å². The second-order valence-corrected chi connectivity index (χ2v) is 6.05. The Labute approximate surface area is 138 Å². The molecule has 0 bridgehead atoms. The fourth-order valence-corrected chi connectivity index (χ4v) is 2.53. The Hall–Kier alpha value is -2.36. The lowest BCUT2D eigenvalue weighted by molar-refractivity contribution is 0.0637. The van der Waals surface area contributed by atoms with Gasteiger partial charge in [-0.25, -0.2) is 4.98 Å². The minimum absolute atomic E-state index is 0.0513. The van der Waals surface area contributed by atoms with Gasteiger partial charge in [0.1, 0.15) is 18.1 Å². The minimum Gasteiger partial charge on any atom is -0.487 e. The fourth-order valence-electron chi connectivity index (χ4n) is 2.53. The lowest BCUT2D eigenvalue weighted by atomic mass is 10.2. The molecule has 23 heavy (non-hydrogen) atoms. The van der Waals surface area contributed by atoms with Gasteiger partial charge in [0, 0.05) is 12.1 Å². The third-order valence-electron chi connectivity index (χ3n) is 3.55. The fraction of sp³-hybridized carbons (Fsp3) is 0.368. The van der Waals surface area contributed by atoms with Gasteiger partial charge in [0.15, 0.2) is 0 Å². The highest BCUT2D eigenvalue weighted by atomic mass is 16.5. The van der Waals surface area contributed by atoms with E-state index in [1.165, 1.54) is 0 Å². The van der Waals surface area contributed by atoms with Gasteiger partial charge in [-0.05, 0) is 45.4 Å². The number of amides is 1. The van der Waals surface area contributed by atoms with Gasteiger partial charge < -0.3 is 9.64 Å². The molecule has 0 N–H and O–H groups in total. The van der Waals surface area contributed by atoms with E-state index in [0.29, 0.717) is 18.1 Å². The van der Waals surface area contributed by atoms with Crippen LogP contribution in [-0.4, -0.2) is 27.9 Å². The smallest absolute Gasteiger partial charge is 0.272 e. The Morgan fingerprint density at radius 2 is 1.70 bits per heavy atom. The number of ether oxygens (including phenoxy) is 1. The maximum atomic E-state index is 12.5. The van der Waals surface area contributed by atoms with Gasteiger partial charge in [0.05, 0.1) is 6.20 Å². The molecule has 0 aliphatic carbocycles. The Morgan fingerprint density at radius 3 is 2.22 bits per heavy atom. The third kappa shape index (κ3) is 4.55. The van der Waals surface area contributed by atoms with Crippen molar-refractivity contribution in [2.75, 3.05) is 0 Å². The molecule has 1 aromatic carbocycles. The molecule has 0 atom stereocenters. The van der Waals surface area contributed by atoms with Gasteiger partial charge in [-0.15, -0.1) is 0 Å². The topological polar surface area (TPSA) is 42.4 Å². The summed E-state index contributed by atoms with van der Waals surface area (Å²) in [5.74, 6) is 0.607. The van der Waals surface area contributed by atoms with Crippen molar-refractivity contribution >= 4 is 5.91 Å². The summed E-state index contributed by atoms with van der Waals surface area (Å²) in [5, 5.41) is 0. The Morgan fingerprint density at radius 1 is 1.04 bits per heavy atom. The zero-order valence-electron chi connectivity index (χ0n) is 14.2. The van der Waals surface area contributed by atoms with Crippen molar-refractivity contribution in [3.63, 3.8) is 0 Å². The van der Waals surface area contributed by atoms with Crippen LogP contribution in [0.5, 0.6) is 5.75 Å². The quantitative estimate of drug-likeness (QED) is 0.812. The van der Waals surface area contributed by atoms with Crippen molar-refractivity contribution in [3.8, 4) is 5.75 Å². The zero-order chi connectivity index (χ0) is 16.8. The van der Waals surface area contributed by atoms with E-state index in [1.54, 1.807) is 18.3 Å². The molecule has 0 aliphatic rings. The van der Waals surface area contributed by atoms with Gasteiger partial charge in [-0.3, -0.25) is 4.79 Å². The molecule has 122 valence electrons. The number of pyridine rings is 1. The molecule has 0 saturated heterocycles. The molecular formula is C19H24N2O2. The number of nitrogens with zero attached hydrogens (tertiary/aromatic N) is 2. The van der Waals surface area contributed by atoms with Crippen LogP contribution in [0.2, 0.25) is 0 Å². The van der Waals surface area contributed by atoms with Crippen LogP contribution in [0.15, 0.2) is 48.7 Å². The first-order valence-electron chi connectivity index (χ1n) is 7.94. The van der Waals surface area contributed by atoms with E-state index in [-0.39, 0.29) is 18.0 Å². The van der Waals surface area contributed by atoms with Crippen molar-refractivity contribution in [1.82, 2.24) is 9.88 Å². The number of rotatable bonds is 6. The highest BCUT2D eigenvalue weighted by Crippen LogP contribution is 2.15. The number of hydrogen-bond donors (Lipinski definition) is 0. The van der Waals surface area contributed by atoms with Gasteiger partial charge in [-0.1, -0.05) is 30.3 Å². The molecule has 4 nitrogen and oxygen atoms in total. The van der Waals surface area contributed by atoms with Crippen molar-refractivity contribution in [2.24, 2.45) is 0 Å². The molecule has 2 rings (SSSR count). The van der Waals surface area contributed by atoms with E-state index < -0.39 is 0 Å². The van der Waals surface area contributed by atoms with Gasteiger partial charge in [0.25, 0.3) is 5.91 Å². The van der Waals surface area contributed by atoms with E-state index in [2.05, 4.69) is 4.98 Å². The predicted molar refractivity (Wildman–Crippen MR) is 91.5 cm³/mol. The Bertz CT molecular complexity index is 614. The number of hydrogen-bond acceptors (Lipinski definition) is 3. The van der Waals surface area contributed by atoms with E-state index in [9.17, 15) is 4.79 Å². The molecule has 0 fully saturated rings. The second kappa shape index (κ2) is 7.77. The molecule has 0 unspecified atom stereocenters. The normalized spacial score (nSPS) is 10.9. The maximum absolute atomic E-state index is 12.5. The monoisotopic (exact) mass is 312 g/mol. The molecule has 0 aliphatic heterocycles. The largest absolute Gasteiger partial charge is 0.487 e. The molecule has 1 heterocycles. The van der Waals surface area contributed by atoms with Crippen molar-refractivity contribution in [1.29, 1.82) is 0 Å². The Balaban J connectivity index is 2.02. The first-order chi connectivity index (χ1) is 11.0. The molecule has 0 radical (unpaired) electrons. The zero-order valence-corrected chi connectivity index (χ0v) is 14.2. The predicted octanol–water partition coefficient (Wildman–Crippen LogP) is 3.92. The second-order valence-electron chi connectivity index (χ2n) is 6.05. The first kappa shape index (κ1) is 17.0. The average molecular weight is 312 g/mol. The number of benzene rings is 1. The minimum atomic E-state index is -0.0513. The van der Waals surface area contributed by atoms with E-state index in [4.69, 9.17) is 4.74 Å². The van der Waals surface area contributed by atoms with Crippen LogP contribution in [0.4, 0.5) is 0 Å². The van der Waals surface area contributed by atoms with Crippen LogP contribution < -0.4 is 4.74 Å². The summed E-state index contributed by atoms with van der Waals surface area (Å²) in [6.07, 6.45) is 1.61. The summed E-state index contributed by atoms with van der Waals surface area (Å²) in [6.45, 7) is 8.52. The first-order valence-corrected chi connectivity index (χ1v) is 7.94. The van der Waals surface area contributed by atoms with Gasteiger partial charge >= 0.3 is 0 Å². The molecule has 0 spiro atoms. The van der Waals surface area contributed by atoms with E-state index in [0.717, 1.165) is 5.56 Å². The Kier molecular flexibility index (Phi) is 5.74. The van der Waals surface area contributed by atoms with Gasteiger partial charge in [0.2, 0.25) is 0 Å². The van der Waals surface area contributed by atoms with E-state index in [1.807, 2.05) is 62.9 Å². The van der Waals surface area contributed by atoms with E-state index >= 15 is 0 Å². The third-order valence-corrected chi connectivity index (χ3v) is 3.55. The van der Waals surface area contributed by atoms with Crippen molar-refractivity contribution < 1.29 is 9.53 Å². The standard InChI is InChI=1S/C19H24N2O2/c1-14(2)21(15(3)4)19(22)18-11-10-17(12-20-18)23-13-16-8-6-5-7-9-16/h5-12,14-15H,13H2,1-4H3. The van der Waals surface area contributed by atoms with Gasteiger partial charge in [-0.2, -0.15) is 0 Å². The lowest BCUT2D eigenvalue weighted by Crippen LogP contribution is -2.42. The average Bonchev–Trinajstić information content (AvgIpc) is 2.53. The molecule has 0 saturated carbocycles. The summed E-state index contributed by atoms with van der Waals surface area (Å²) in [7, 11) is 0. The van der Waals surface area contributed by atoms with Crippen LogP contribution in [-0.2, 0) is 6.61 Å². The SMILES string of the molecule is CC(C)N(C(=O)c1ccc(OCc2ccccc2)cn1)C(C)C. The van der Waals surface area contributed by atoms with Crippen LogP contribution >= 0.6 is 0 Å². The van der Waals surface area contributed by atoms with Crippen molar-refractivity contribution in [2.45, 2.75) is 46.4 Å². The molecule has 1 aromatic heterocycles. The number of carbonyl (C=O) groups excluding carboxylic acids is 1. The highest BCUT2D eigenvalue weighted by molar-refractivity contribution is 5.92. The van der Waals surface area contributed by atoms with Crippen LogP contribution in [0.1, 0.15) is 43.7 Å². The number of carbonyl (C=O) groups is 1. The van der Waals surface area contributed by atoms with Crippen LogP contribution in [0.25, 0.3) is 0 Å².